The highest BCUT2D eigenvalue weighted by Gasteiger charge is 2.26. The zero-order valence-electron chi connectivity index (χ0n) is 18.9. The Morgan fingerprint density at radius 2 is 1.84 bits per heavy atom. The van der Waals surface area contributed by atoms with Gasteiger partial charge in [-0.3, -0.25) is 9.59 Å². The molecule has 7 nitrogen and oxygen atoms in total. The van der Waals surface area contributed by atoms with Crippen LogP contribution in [-0.4, -0.2) is 48.1 Å². The second kappa shape index (κ2) is 9.92. The third-order valence-corrected chi connectivity index (χ3v) is 5.28. The van der Waals surface area contributed by atoms with Crippen molar-refractivity contribution in [2.75, 3.05) is 23.3 Å². The predicted molar refractivity (Wildman–Crippen MR) is 122 cm³/mol. The van der Waals surface area contributed by atoms with Gasteiger partial charge < -0.3 is 20.3 Å². The topological polar surface area (TPSA) is 83.6 Å². The molecule has 0 spiro atoms. The molecule has 166 valence electrons. The fraction of sp³-hybridized carbons (Fsp3) is 0.458. The molecule has 2 N–H and O–H groups in total. The summed E-state index contributed by atoms with van der Waals surface area (Å²) in [4.78, 5) is 32.2. The number of ether oxygens (including phenoxy) is 1. The Kier molecular flexibility index (Phi) is 7.28. The quantitative estimate of drug-likeness (QED) is 0.743. The first-order valence-corrected chi connectivity index (χ1v) is 10.8. The summed E-state index contributed by atoms with van der Waals surface area (Å²) in [6, 6.07) is 10.4. The first-order chi connectivity index (χ1) is 14.7. The van der Waals surface area contributed by atoms with E-state index in [0.29, 0.717) is 11.3 Å². The van der Waals surface area contributed by atoms with Crippen molar-refractivity contribution in [2.24, 2.45) is 5.92 Å². The van der Waals surface area contributed by atoms with Crippen LogP contribution in [0.1, 0.15) is 43.6 Å². The van der Waals surface area contributed by atoms with Crippen LogP contribution in [0.25, 0.3) is 0 Å². The van der Waals surface area contributed by atoms with Gasteiger partial charge in [-0.1, -0.05) is 31.5 Å². The molecular formula is C24H32N4O3. The van der Waals surface area contributed by atoms with Gasteiger partial charge in [-0.25, -0.2) is 4.98 Å². The van der Waals surface area contributed by atoms with Gasteiger partial charge >= 0.3 is 0 Å². The fourth-order valence-electron chi connectivity index (χ4n) is 3.78. The van der Waals surface area contributed by atoms with E-state index in [1.54, 1.807) is 18.3 Å². The predicted octanol–water partition coefficient (Wildman–Crippen LogP) is 3.40. The van der Waals surface area contributed by atoms with Crippen LogP contribution in [0.3, 0.4) is 0 Å². The smallest absolute Gasteiger partial charge is 0.251 e. The number of amides is 2. The molecule has 31 heavy (non-hydrogen) atoms. The normalized spacial score (nSPS) is 19.7. The van der Waals surface area contributed by atoms with Crippen molar-refractivity contribution < 1.29 is 14.3 Å². The van der Waals surface area contributed by atoms with Gasteiger partial charge in [0.25, 0.3) is 5.91 Å². The summed E-state index contributed by atoms with van der Waals surface area (Å²) in [5, 5.41) is 5.74. The molecule has 2 aromatic rings. The van der Waals surface area contributed by atoms with Gasteiger partial charge in [0.1, 0.15) is 11.9 Å². The van der Waals surface area contributed by atoms with E-state index in [1.165, 1.54) is 0 Å². The molecule has 0 saturated carbocycles. The lowest BCUT2D eigenvalue weighted by Crippen LogP contribution is -2.47. The molecular weight excluding hydrogens is 392 g/mol. The first kappa shape index (κ1) is 22.7. The summed E-state index contributed by atoms with van der Waals surface area (Å²) >= 11 is 0. The summed E-state index contributed by atoms with van der Waals surface area (Å²) < 4.78 is 5.77. The molecule has 3 atom stereocenters. The number of aromatic nitrogens is 1. The van der Waals surface area contributed by atoms with Crippen molar-refractivity contribution in [1.29, 1.82) is 0 Å². The number of carbonyl (C=O) groups is 2. The minimum absolute atomic E-state index is 0.0719. The van der Waals surface area contributed by atoms with Crippen molar-refractivity contribution in [3.63, 3.8) is 0 Å². The Balaban J connectivity index is 1.64. The number of hydrogen-bond donors (Lipinski definition) is 2. The summed E-state index contributed by atoms with van der Waals surface area (Å²) in [5.74, 6) is 0.256. The standard InChI is InChI=1S/C24H32N4O3/c1-15(2)22(27-23(29)19-8-6-7-16(3)11-19)24(30)26-20-9-10-21(25-12-20)28-13-17(4)31-18(5)14-28/h6-12,15,17-18,22H,13-14H2,1-5H3,(H,26,30)(H,27,29). The van der Waals surface area contributed by atoms with Crippen LogP contribution < -0.4 is 15.5 Å². The molecule has 1 fully saturated rings. The number of morpholine rings is 1. The van der Waals surface area contributed by atoms with Crippen LogP contribution >= 0.6 is 0 Å². The van der Waals surface area contributed by atoms with E-state index in [4.69, 9.17) is 4.74 Å². The number of anilines is 2. The molecule has 0 aliphatic carbocycles. The van der Waals surface area contributed by atoms with Gasteiger partial charge in [0, 0.05) is 18.7 Å². The summed E-state index contributed by atoms with van der Waals surface area (Å²) in [5.41, 5.74) is 2.13. The largest absolute Gasteiger partial charge is 0.372 e. The van der Waals surface area contributed by atoms with Crippen LogP contribution in [0.2, 0.25) is 0 Å². The van der Waals surface area contributed by atoms with Crippen molar-refractivity contribution >= 4 is 23.3 Å². The van der Waals surface area contributed by atoms with Gasteiger partial charge in [0.2, 0.25) is 5.91 Å². The Hall–Kier alpha value is -2.93. The second-order valence-electron chi connectivity index (χ2n) is 8.62. The molecule has 0 bridgehead atoms. The maximum Gasteiger partial charge on any atom is 0.251 e. The summed E-state index contributed by atoms with van der Waals surface area (Å²) in [6.07, 6.45) is 1.94. The van der Waals surface area contributed by atoms with Gasteiger partial charge in [0.15, 0.2) is 0 Å². The van der Waals surface area contributed by atoms with Gasteiger partial charge in [-0.05, 0) is 51.0 Å². The number of aryl methyl sites for hydroxylation is 1. The fourth-order valence-corrected chi connectivity index (χ4v) is 3.78. The zero-order valence-corrected chi connectivity index (χ0v) is 18.9. The van der Waals surface area contributed by atoms with Gasteiger partial charge in [0.05, 0.1) is 24.1 Å². The number of nitrogens with one attached hydrogen (secondary N) is 2. The Morgan fingerprint density at radius 1 is 1.13 bits per heavy atom. The Bertz CT molecular complexity index is 903. The van der Waals surface area contributed by atoms with Crippen LogP contribution in [0.15, 0.2) is 42.6 Å². The number of rotatable bonds is 6. The average Bonchev–Trinajstić information content (AvgIpc) is 2.71. The number of hydrogen-bond acceptors (Lipinski definition) is 5. The maximum atomic E-state index is 12.9. The summed E-state index contributed by atoms with van der Waals surface area (Å²) in [6.45, 7) is 11.4. The van der Waals surface area contributed by atoms with E-state index in [2.05, 4.69) is 20.5 Å². The molecule has 1 aliphatic heterocycles. The van der Waals surface area contributed by atoms with Crippen LogP contribution in [0, 0.1) is 12.8 Å². The molecule has 1 aromatic heterocycles. The molecule has 3 rings (SSSR count). The SMILES string of the molecule is Cc1cccc(C(=O)NC(C(=O)Nc2ccc(N3CC(C)OC(C)C3)nc2)C(C)C)c1. The van der Waals surface area contributed by atoms with E-state index in [1.807, 2.05) is 58.9 Å². The van der Waals surface area contributed by atoms with E-state index in [9.17, 15) is 9.59 Å². The molecule has 2 amide bonds. The molecule has 1 saturated heterocycles. The minimum Gasteiger partial charge on any atom is -0.372 e. The van der Waals surface area contributed by atoms with Crippen molar-refractivity contribution in [3.8, 4) is 0 Å². The highest BCUT2D eigenvalue weighted by molar-refractivity contribution is 6.01. The Morgan fingerprint density at radius 3 is 2.42 bits per heavy atom. The Labute approximate surface area is 184 Å². The number of benzene rings is 1. The minimum atomic E-state index is -0.659. The second-order valence-corrected chi connectivity index (χ2v) is 8.62. The zero-order chi connectivity index (χ0) is 22.5. The maximum absolute atomic E-state index is 12.9. The van der Waals surface area contributed by atoms with Gasteiger partial charge in [-0.2, -0.15) is 0 Å². The lowest BCUT2D eigenvalue weighted by Gasteiger charge is -2.36. The van der Waals surface area contributed by atoms with Crippen molar-refractivity contribution in [3.05, 3.63) is 53.7 Å². The van der Waals surface area contributed by atoms with E-state index in [-0.39, 0.29) is 29.9 Å². The molecule has 1 aliphatic rings. The van der Waals surface area contributed by atoms with Crippen molar-refractivity contribution in [2.45, 2.75) is 52.9 Å². The van der Waals surface area contributed by atoms with E-state index >= 15 is 0 Å². The molecule has 0 radical (unpaired) electrons. The first-order valence-electron chi connectivity index (χ1n) is 10.8. The molecule has 2 heterocycles. The van der Waals surface area contributed by atoms with E-state index < -0.39 is 6.04 Å². The monoisotopic (exact) mass is 424 g/mol. The van der Waals surface area contributed by atoms with Crippen molar-refractivity contribution in [1.82, 2.24) is 10.3 Å². The third-order valence-electron chi connectivity index (χ3n) is 5.28. The van der Waals surface area contributed by atoms with Crippen LogP contribution in [-0.2, 0) is 9.53 Å². The van der Waals surface area contributed by atoms with E-state index in [0.717, 1.165) is 24.5 Å². The number of carbonyl (C=O) groups excluding carboxylic acids is 2. The highest BCUT2D eigenvalue weighted by atomic mass is 16.5. The number of pyridine rings is 1. The molecule has 7 heteroatoms. The van der Waals surface area contributed by atoms with Crippen LogP contribution in [0.4, 0.5) is 11.5 Å². The van der Waals surface area contributed by atoms with Gasteiger partial charge in [-0.15, -0.1) is 0 Å². The average molecular weight is 425 g/mol. The summed E-state index contributed by atoms with van der Waals surface area (Å²) in [7, 11) is 0. The van der Waals surface area contributed by atoms with Crippen LogP contribution in [0.5, 0.6) is 0 Å². The highest BCUT2D eigenvalue weighted by Crippen LogP contribution is 2.20. The third kappa shape index (κ3) is 6.04. The molecule has 1 aromatic carbocycles. The lowest BCUT2D eigenvalue weighted by atomic mass is 10.0. The number of nitrogens with zero attached hydrogens (tertiary/aromatic N) is 2. The molecule has 3 unspecified atom stereocenters. The lowest BCUT2D eigenvalue weighted by molar-refractivity contribution is -0.118.